The number of pyridine rings is 1. The number of aryl methyl sites for hydroxylation is 1. The van der Waals surface area contributed by atoms with Gasteiger partial charge in [0.05, 0.1) is 0 Å². The van der Waals surface area contributed by atoms with Gasteiger partial charge >= 0.3 is 0 Å². The third-order valence-electron chi connectivity index (χ3n) is 3.61. The molecule has 18 heavy (non-hydrogen) atoms. The zero-order valence-corrected chi connectivity index (χ0v) is 12.6. The molecule has 0 aliphatic heterocycles. The van der Waals surface area contributed by atoms with Crippen LogP contribution in [0, 0.1) is 0 Å². The molecular weight excluding hydrogens is 308 g/mol. The van der Waals surface area contributed by atoms with Crippen molar-refractivity contribution in [3.05, 3.63) is 50.4 Å². The number of hydrogen-bond acceptors (Lipinski definition) is 3. The fourth-order valence-electron chi connectivity index (χ4n) is 2.80. The van der Waals surface area contributed by atoms with Crippen LogP contribution < -0.4 is 5.32 Å². The van der Waals surface area contributed by atoms with Gasteiger partial charge in [0.25, 0.3) is 0 Å². The van der Waals surface area contributed by atoms with E-state index in [0.29, 0.717) is 12.0 Å². The standard InChI is InChI=1S/C14H15BrN2S/c1-16-14(12-7-10(15)8-18-12)11-5-4-9-3-2-6-17-13(9)11/h2-3,6-8,11,14,16H,4-5H2,1H3. The highest BCUT2D eigenvalue weighted by atomic mass is 79.9. The first-order valence-corrected chi connectivity index (χ1v) is 7.82. The number of hydrogen-bond donors (Lipinski definition) is 1. The maximum Gasteiger partial charge on any atom is 0.0497 e. The monoisotopic (exact) mass is 322 g/mol. The minimum absolute atomic E-state index is 0.373. The van der Waals surface area contributed by atoms with E-state index in [9.17, 15) is 0 Å². The van der Waals surface area contributed by atoms with Crippen molar-refractivity contribution in [2.24, 2.45) is 0 Å². The van der Waals surface area contributed by atoms with Crippen LogP contribution in [0.4, 0.5) is 0 Å². The Labute approximate surface area is 120 Å². The predicted octanol–water partition coefficient (Wildman–Crippen LogP) is 3.90. The van der Waals surface area contributed by atoms with Crippen LogP contribution in [0.1, 0.15) is 34.5 Å². The van der Waals surface area contributed by atoms with Gasteiger partial charge in [-0.1, -0.05) is 6.07 Å². The van der Waals surface area contributed by atoms with Crippen LogP contribution in [0.3, 0.4) is 0 Å². The van der Waals surface area contributed by atoms with Crippen molar-refractivity contribution in [3.8, 4) is 0 Å². The molecule has 2 aromatic heterocycles. The molecule has 2 atom stereocenters. The Hall–Kier alpha value is -0.710. The molecule has 0 aromatic carbocycles. The summed E-state index contributed by atoms with van der Waals surface area (Å²) < 4.78 is 1.17. The summed E-state index contributed by atoms with van der Waals surface area (Å²) >= 11 is 5.34. The minimum atomic E-state index is 0.373. The van der Waals surface area contributed by atoms with Crippen molar-refractivity contribution in [2.45, 2.75) is 24.8 Å². The summed E-state index contributed by atoms with van der Waals surface area (Å²) in [4.78, 5) is 5.98. The van der Waals surface area contributed by atoms with Crippen molar-refractivity contribution in [3.63, 3.8) is 0 Å². The minimum Gasteiger partial charge on any atom is -0.312 e. The van der Waals surface area contributed by atoms with Gasteiger partial charge in [-0.05, 0) is 53.5 Å². The molecule has 0 saturated carbocycles. The van der Waals surface area contributed by atoms with Gasteiger partial charge in [0, 0.05) is 38.6 Å². The Bertz CT molecular complexity index is 552. The van der Waals surface area contributed by atoms with Crippen LogP contribution in [-0.4, -0.2) is 12.0 Å². The van der Waals surface area contributed by atoms with E-state index in [1.165, 1.54) is 27.0 Å². The molecule has 1 aliphatic rings. The lowest BCUT2D eigenvalue weighted by Crippen LogP contribution is -2.22. The molecule has 1 aliphatic carbocycles. The Balaban J connectivity index is 1.95. The van der Waals surface area contributed by atoms with Crippen LogP contribution in [-0.2, 0) is 6.42 Å². The van der Waals surface area contributed by atoms with E-state index in [1.54, 1.807) is 11.3 Å². The number of thiophene rings is 1. The van der Waals surface area contributed by atoms with Crippen molar-refractivity contribution in [2.75, 3.05) is 7.05 Å². The first kappa shape index (κ1) is 12.3. The second-order valence-electron chi connectivity index (χ2n) is 4.63. The maximum absolute atomic E-state index is 4.59. The molecule has 4 heteroatoms. The molecule has 0 amide bonds. The van der Waals surface area contributed by atoms with Crippen LogP contribution in [0.15, 0.2) is 34.2 Å². The van der Waals surface area contributed by atoms with Crippen molar-refractivity contribution < 1.29 is 0 Å². The van der Waals surface area contributed by atoms with Crippen LogP contribution in [0.2, 0.25) is 0 Å². The lowest BCUT2D eigenvalue weighted by molar-refractivity contribution is 0.476. The number of halogens is 1. The van der Waals surface area contributed by atoms with Crippen LogP contribution in [0.25, 0.3) is 0 Å². The summed E-state index contributed by atoms with van der Waals surface area (Å²) in [6, 6.07) is 6.83. The average Bonchev–Trinajstić information content (AvgIpc) is 2.98. The third-order valence-corrected chi connectivity index (χ3v) is 5.39. The van der Waals surface area contributed by atoms with Gasteiger partial charge in [-0.3, -0.25) is 4.98 Å². The Morgan fingerprint density at radius 1 is 1.56 bits per heavy atom. The molecule has 2 nitrogen and oxygen atoms in total. The van der Waals surface area contributed by atoms with E-state index in [-0.39, 0.29) is 0 Å². The Morgan fingerprint density at radius 3 is 3.17 bits per heavy atom. The normalized spacial score (nSPS) is 19.8. The molecule has 0 radical (unpaired) electrons. The first-order valence-electron chi connectivity index (χ1n) is 6.14. The lowest BCUT2D eigenvalue weighted by Gasteiger charge is -2.22. The van der Waals surface area contributed by atoms with Crippen LogP contribution in [0.5, 0.6) is 0 Å². The van der Waals surface area contributed by atoms with Gasteiger partial charge in [0.1, 0.15) is 0 Å². The molecular formula is C14H15BrN2S. The van der Waals surface area contributed by atoms with Crippen LogP contribution >= 0.6 is 27.3 Å². The van der Waals surface area contributed by atoms with Crippen molar-refractivity contribution >= 4 is 27.3 Å². The van der Waals surface area contributed by atoms with E-state index in [2.05, 4.69) is 43.7 Å². The van der Waals surface area contributed by atoms with E-state index in [4.69, 9.17) is 0 Å². The number of fused-ring (bicyclic) bond motifs is 1. The number of likely N-dealkylation sites (N-methyl/N-ethyl adjacent to an activating group) is 1. The number of aromatic nitrogens is 1. The number of nitrogens with one attached hydrogen (secondary N) is 1. The summed E-state index contributed by atoms with van der Waals surface area (Å²) in [7, 11) is 2.04. The molecule has 3 rings (SSSR count). The summed E-state index contributed by atoms with van der Waals surface area (Å²) in [5, 5.41) is 5.61. The second-order valence-corrected chi connectivity index (χ2v) is 6.49. The lowest BCUT2D eigenvalue weighted by atomic mass is 9.96. The molecule has 0 spiro atoms. The molecule has 1 N–H and O–H groups in total. The Morgan fingerprint density at radius 2 is 2.44 bits per heavy atom. The fraction of sp³-hybridized carbons (Fsp3) is 0.357. The first-order chi connectivity index (χ1) is 8.79. The smallest absolute Gasteiger partial charge is 0.0497 e. The van der Waals surface area contributed by atoms with Gasteiger partial charge in [0.2, 0.25) is 0 Å². The zero-order valence-electron chi connectivity index (χ0n) is 10.2. The molecule has 2 unspecified atom stereocenters. The zero-order chi connectivity index (χ0) is 12.5. The molecule has 94 valence electrons. The quantitative estimate of drug-likeness (QED) is 0.927. The topological polar surface area (TPSA) is 24.9 Å². The predicted molar refractivity (Wildman–Crippen MR) is 79.1 cm³/mol. The average molecular weight is 323 g/mol. The molecule has 0 fully saturated rings. The molecule has 0 saturated heterocycles. The molecule has 2 aromatic rings. The molecule has 0 bridgehead atoms. The van der Waals surface area contributed by atoms with E-state index in [1.807, 2.05) is 19.3 Å². The van der Waals surface area contributed by atoms with Gasteiger partial charge < -0.3 is 5.32 Å². The second kappa shape index (κ2) is 5.11. The highest BCUT2D eigenvalue weighted by molar-refractivity contribution is 9.10. The number of nitrogens with zero attached hydrogens (tertiary/aromatic N) is 1. The summed E-state index contributed by atoms with van der Waals surface area (Å²) in [5.41, 5.74) is 2.69. The van der Waals surface area contributed by atoms with Crippen molar-refractivity contribution in [1.29, 1.82) is 0 Å². The fourth-order valence-corrected chi connectivity index (χ4v) is 4.42. The van der Waals surface area contributed by atoms with Gasteiger partial charge in [0.15, 0.2) is 0 Å². The maximum atomic E-state index is 4.59. The summed E-state index contributed by atoms with van der Waals surface area (Å²) in [5.74, 6) is 0.497. The van der Waals surface area contributed by atoms with Gasteiger partial charge in [-0.15, -0.1) is 11.3 Å². The highest BCUT2D eigenvalue weighted by Gasteiger charge is 2.31. The van der Waals surface area contributed by atoms with E-state index >= 15 is 0 Å². The van der Waals surface area contributed by atoms with Gasteiger partial charge in [-0.25, -0.2) is 0 Å². The largest absolute Gasteiger partial charge is 0.312 e. The SMILES string of the molecule is CNC(c1cc(Br)cs1)C1CCc2cccnc21. The number of rotatable bonds is 3. The highest BCUT2D eigenvalue weighted by Crippen LogP contribution is 2.42. The van der Waals surface area contributed by atoms with Crippen molar-refractivity contribution in [1.82, 2.24) is 10.3 Å². The molecule has 2 heterocycles. The summed E-state index contributed by atoms with van der Waals surface area (Å²) in [6.07, 6.45) is 4.25. The van der Waals surface area contributed by atoms with Gasteiger partial charge in [-0.2, -0.15) is 0 Å². The Kier molecular flexibility index (Phi) is 3.50. The summed E-state index contributed by atoms with van der Waals surface area (Å²) in [6.45, 7) is 0. The third kappa shape index (κ3) is 2.13. The van der Waals surface area contributed by atoms with E-state index in [0.717, 1.165) is 6.42 Å². The van der Waals surface area contributed by atoms with E-state index < -0.39 is 0 Å².